The van der Waals surface area contributed by atoms with E-state index in [9.17, 15) is 9.59 Å². The number of nitrogens with one attached hydrogen (secondary N) is 1. The molecule has 0 saturated carbocycles. The highest BCUT2D eigenvalue weighted by Crippen LogP contribution is 1.77. The van der Waals surface area contributed by atoms with E-state index in [4.69, 9.17) is 10.8 Å². The van der Waals surface area contributed by atoms with Gasteiger partial charge in [-0.05, 0) is 0 Å². The van der Waals surface area contributed by atoms with Gasteiger partial charge < -0.3 is 16.2 Å². The monoisotopic (exact) mass is 184 g/mol. The van der Waals surface area contributed by atoms with Gasteiger partial charge in [0.15, 0.2) is 0 Å². The summed E-state index contributed by atoms with van der Waals surface area (Å²) >= 11 is 0. The molecule has 0 bridgehead atoms. The Labute approximate surface area is 75.9 Å². The minimum absolute atomic E-state index is 0.100. The molecule has 0 unspecified atom stereocenters. The smallest absolute Gasteiger partial charge is 0.244 e. The molecular formula is C8H12N2O3. The number of amides is 2. The molecule has 0 aromatic carbocycles. The molecule has 4 N–H and O–H groups in total. The van der Waals surface area contributed by atoms with Crippen molar-refractivity contribution in [2.45, 2.75) is 0 Å². The first-order chi connectivity index (χ1) is 6.16. The van der Waals surface area contributed by atoms with Crippen LogP contribution in [-0.4, -0.2) is 30.1 Å². The van der Waals surface area contributed by atoms with Crippen molar-refractivity contribution < 1.29 is 14.7 Å². The maximum absolute atomic E-state index is 10.8. The summed E-state index contributed by atoms with van der Waals surface area (Å²) in [6.07, 6.45) is 5.11. The van der Waals surface area contributed by atoms with Gasteiger partial charge in [-0.2, -0.15) is 0 Å². The molecule has 0 rings (SSSR count). The van der Waals surface area contributed by atoms with Crippen LogP contribution in [0.4, 0.5) is 0 Å². The van der Waals surface area contributed by atoms with Crippen LogP contribution < -0.4 is 11.1 Å². The minimum Gasteiger partial charge on any atom is -0.395 e. The van der Waals surface area contributed by atoms with E-state index in [0.717, 1.165) is 6.08 Å². The molecule has 5 nitrogen and oxygen atoms in total. The number of aliphatic hydroxyl groups is 1. The van der Waals surface area contributed by atoms with Crippen LogP contribution in [0.1, 0.15) is 0 Å². The fraction of sp³-hybridized carbons (Fsp3) is 0.250. The van der Waals surface area contributed by atoms with Crippen LogP contribution in [0.2, 0.25) is 0 Å². The normalized spacial score (nSPS) is 10.8. The number of primary amides is 1. The lowest BCUT2D eigenvalue weighted by Gasteiger charge is -1.95. The van der Waals surface area contributed by atoms with Crippen LogP contribution in [-0.2, 0) is 9.59 Å². The van der Waals surface area contributed by atoms with Gasteiger partial charge in [-0.25, -0.2) is 0 Å². The van der Waals surface area contributed by atoms with Crippen LogP contribution in [0.25, 0.3) is 0 Å². The van der Waals surface area contributed by atoms with E-state index in [1.54, 1.807) is 0 Å². The van der Waals surface area contributed by atoms with E-state index in [-0.39, 0.29) is 19.1 Å². The molecule has 0 aliphatic rings. The second-order valence-electron chi connectivity index (χ2n) is 2.14. The third-order valence-electron chi connectivity index (χ3n) is 1.03. The topological polar surface area (TPSA) is 92.4 Å². The number of hydrogen-bond donors (Lipinski definition) is 3. The van der Waals surface area contributed by atoms with Crippen LogP contribution in [0.3, 0.4) is 0 Å². The number of carbonyl (C=O) groups excluding carboxylic acids is 2. The van der Waals surface area contributed by atoms with E-state index in [1.807, 2.05) is 0 Å². The summed E-state index contributed by atoms with van der Waals surface area (Å²) in [4.78, 5) is 21.0. The van der Waals surface area contributed by atoms with Crippen molar-refractivity contribution in [1.29, 1.82) is 0 Å². The molecule has 0 atom stereocenters. The van der Waals surface area contributed by atoms with Crippen molar-refractivity contribution in [3.05, 3.63) is 24.3 Å². The maximum atomic E-state index is 10.8. The zero-order valence-corrected chi connectivity index (χ0v) is 7.06. The van der Waals surface area contributed by atoms with Crippen molar-refractivity contribution in [3.8, 4) is 0 Å². The number of aliphatic hydroxyl groups excluding tert-OH is 1. The van der Waals surface area contributed by atoms with Gasteiger partial charge in [0.05, 0.1) is 6.61 Å². The van der Waals surface area contributed by atoms with Crippen molar-refractivity contribution in [2.24, 2.45) is 5.73 Å². The van der Waals surface area contributed by atoms with Gasteiger partial charge >= 0.3 is 0 Å². The Morgan fingerprint density at radius 3 is 2.46 bits per heavy atom. The molecule has 0 heterocycles. The second kappa shape index (κ2) is 7.05. The van der Waals surface area contributed by atoms with Gasteiger partial charge in [-0.15, -0.1) is 0 Å². The third-order valence-corrected chi connectivity index (χ3v) is 1.03. The average molecular weight is 184 g/mol. The fourth-order valence-corrected chi connectivity index (χ4v) is 0.531. The summed E-state index contributed by atoms with van der Waals surface area (Å²) in [6.45, 7) is 0.111. The first-order valence-electron chi connectivity index (χ1n) is 3.69. The van der Waals surface area contributed by atoms with Crippen LogP contribution in [0, 0.1) is 0 Å². The van der Waals surface area contributed by atoms with Crippen LogP contribution >= 0.6 is 0 Å². The molecule has 2 amide bonds. The molecule has 0 aromatic rings. The quantitative estimate of drug-likeness (QED) is 0.366. The van der Waals surface area contributed by atoms with E-state index >= 15 is 0 Å². The Bertz CT molecular complexity index is 234. The first kappa shape index (κ1) is 11.4. The molecule has 13 heavy (non-hydrogen) atoms. The molecule has 0 aromatic heterocycles. The standard InChI is InChI=1S/C8H12N2O3/c9-7(12)3-1-2-4-8(13)10-5-6-11/h1-4,11H,5-6H2,(H2,9,12)(H,10,13)/b3-1+,4-2+. The zero-order chi connectivity index (χ0) is 10.1. The Morgan fingerprint density at radius 1 is 1.31 bits per heavy atom. The van der Waals surface area contributed by atoms with E-state index in [2.05, 4.69) is 5.32 Å². The highest BCUT2D eigenvalue weighted by atomic mass is 16.3. The summed E-state index contributed by atoms with van der Waals surface area (Å²) in [5.74, 6) is -0.899. The van der Waals surface area contributed by atoms with E-state index in [0.29, 0.717) is 0 Å². The zero-order valence-electron chi connectivity index (χ0n) is 7.06. The summed E-state index contributed by atoms with van der Waals surface area (Å²) in [7, 11) is 0. The van der Waals surface area contributed by atoms with Crippen LogP contribution in [0.5, 0.6) is 0 Å². The van der Waals surface area contributed by atoms with E-state index in [1.165, 1.54) is 18.2 Å². The van der Waals surface area contributed by atoms with Gasteiger partial charge in [-0.3, -0.25) is 9.59 Å². The molecule has 0 spiro atoms. The lowest BCUT2D eigenvalue weighted by Crippen LogP contribution is -2.24. The summed E-state index contributed by atoms with van der Waals surface area (Å²) in [5.41, 5.74) is 4.80. The Morgan fingerprint density at radius 2 is 1.92 bits per heavy atom. The van der Waals surface area contributed by atoms with Gasteiger partial charge in [0.2, 0.25) is 11.8 Å². The molecular weight excluding hydrogens is 172 g/mol. The van der Waals surface area contributed by atoms with Crippen molar-refractivity contribution in [2.75, 3.05) is 13.2 Å². The predicted octanol–water partition coefficient (Wildman–Crippen LogP) is -1.31. The third kappa shape index (κ3) is 8.28. The van der Waals surface area contributed by atoms with Gasteiger partial charge in [0.1, 0.15) is 0 Å². The van der Waals surface area contributed by atoms with Gasteiger partial charge in [0, 0.05) is 18.7 Å². The highest BCUT2D eigenvalue weighted by Gasteiger charge is 1.90. The summed E-state index contributed by atoms with van der Waals surface area (Å²) in [5, 5.41) is 10.7. The van der Waals surface area contributed by atoms with Crippen molar-refractivity contribution in [1.82, 2.24) is 5.32 Å². The Balaban J connectivity index is 3.71. The Kier molecular flexibility index (Phi) is 6.17. The lowest BCUT2D eigenvalue weighted by atomic mass is 10.4. The Hall–Kier alpha value is -1.62. The first-order valence-corrected chi connectivity index (χ1v) is 3.69. The van der Waals surface area contributed by atoms with E-state index < -0.39 is 5.91 Å². The van der Waals surface area contributed by atoms with Gasteiger partial charge in [-0.1, -0.05) is 12.2 Å². The molecule has 0 aliphatic carbocycles. The molecule has 0 saturated heterocycles. The number of carbonyl (C=O) groups is 2. The second-order valence-corrected chi connectivity index (χ2v) is 2.14. The molecule has 5 heteroatoms. The lowest BCUT2D eigenvalue weighted by molar-refractivity contribution is -0.116. The molecule has 0 aliphatic heterocycles. The van der Waals surface area contributed by atoms with Crippen molar-refractivity contribution in [3.63, 3.8) is 0 Å². The number of hydrogen-bond acceptors (Lipinski definition) is 3. The molecule has 0 fully saturated rings. The highest BCUT2D eigenvalue weighted by molar-refractivity contribution is 5.89. The maximum Gasteiger partial charge on any atom is 0.244 e. The average Bonchev–Trinajstić information content (AvgIpc) is 2.08. The summed E-state index contributed by atoms with van der Waals surface area (Å²) < 4.78 is 0. The molecule has 0 radical (unpaired) electrons. The van der Waals surface area contributed by atoms with Gasteiger partial charge in [0.25, 0.3) is 0 Å². The minimum atomic E-state index is -0.569. The fourth-order valence-electron chi connectivity index (χ4n) is 0.531. The predicted molar refractivity (Wildman–Crippen MR) is 47.6 cm³/mol. The SMILES string of the molecule is NC(=O)/C=C/C=C/C(=O)NCCO. The molecule has 72 valence electrons. The number of rotatable bonds is 5. The largest absolute Gasteiger partial charge is 0.395 e. The van der Waals surface area contributed by atoms with Crippen molar-refractivity contribution >= 4 is 11.8 Å². The summed E-state index contributed by atoms with van der Waals surface area (Å²) in [6, 6.07) is 0. The number of nitrogens with two attached hydrogens (primary N) is 1. The van der Waals surface area contributed by atoms with Crippen LogP contribution in [0.15, 0.2) is 24.3 Å². The number of allylic oxidation sites excluding steroid dienone is 2.